The van der Waals surface area contributed by atoms with E-state index in [0.717, 1.165) is 37.5 Å². The molecule has 2 heterocycles. The molecule has 1 aliphatic rings. The molecule has 0 saturated carbocycles. The lowest BCUT2D eigenvalue weighted by molar-refractivity contribution is -0.274. The minimum atomic E-state index is -4.68. The van der Waals surface area contributed by atoms with Crippen LogP contribution in [0.15, 0.2) is 24.3 Å². The lowest BCUT2D eigenvalue weighted by Gasteiger charge is -2.19. The number of aryl methyl sites for hydroxylation is 1. The van der Waals surface area contributed by atoms with E-state index < -0.39 is 6.36 Å². The first-order valence-corrected chi connectivity index (χ1v) is 7.92. The third-order valence-electron chi connectivity index (χ3n) is 4.02. The van der Waals surface area contributed by atoms with Gasteiger partial charge in [-0.3, -0.25) is 0 Å². The van der Waals surface area contributed by atoms with Crippen LogP contribution in [0, 0.1) is 0 Å². The summed E-state index contributed by atoms with van der Waals surface area (Å²) in [6.45, 7) is 3.30. The predicted molar refractivity (Wildman–Crippen MR) is 81.3 cm³/mol. The minimum absolute atomic E-state index is 0.0449. The Hall–Kier alpha value is -2.09. The first-order chi connectivity index (χ1) is 11.4. The second-order valence-corrected chi connectivity index (χ2v) is 5.88. The molecule has 0 saturated heterocycles. The summed E-state index contributed by atoms with van der Waals surface area (Å²) in [7, 11) is 0. The van der Waals surface area contributed by atoms with Crippen LogP contribution < -0.4 is 10.1 Å². The molecule has 8 heteroatoms. The monoisotopic (exact) mass is 340 g/mol. The van der Waals surface area contributed by atoms with E-state index in [9.17, 15) is 13.2 Å². The zero-order chi connectivity index (χ0) is 17.2. The molecule has 3 rings (SSSR count). The van der Waals surface area contributed by atoms with Gasteiger partial charge in [0.15, 0.2) is 0 Å². The molecule has 24 heavy (non-hydrogen) atoms. The Morgan fingerprint density at radius 1 is 1.29 bits per heavy atom. The van der Waals surface area contributed by atoms with E-state index in [0.29, 0.717) is 12.1 Å². The fraction of sp³-hybridized carbons (Fsp3) is 0.500. The number of alkyl halides is 3. The lowest BCUT2D eigenvalue weighted by atomic mass is 10.1. The molecule has 1 aromatic heterocycles. The number of aromatic nitrogens is 3. The number of hydrogen-bond donors (Lipinski definition) is 1. The first kappa shape index (κ1) is 16.8. The van der Waals surface area contributed by atoms with Gasteiger partial charge >= 0.3 is 6.36 Å². The summed E-state index contributed by atoms with van der Waals surface area (Å²) in [4.78, 5) is 0. The van der Waals surface area contributed by atoms with Gasteiger partial charge in [0.25, 0.3) is 0 Å². The van der Waals surface area contributed by atoms with E-state index in [-0.39, 0.29) is 11.8 Å². The van der Waals surface area contributed by atoms with E-state index in [1.807, 2.05) is 6.92 Å². The Kier molecular flexibility index (Phi) is 4.75. The Labute approximate surface area is 137 Å². The normalized spacial score (nSPS) is 15.8. The molecular weight excluding hydrogens is 321 g/mol. The van der Waals surface area contributed by atoms with Crippen LogP contribution >= 0.6 is 0 Å². The molecule has 1 atom stereocenters. The van der Waals surface area contributed by atoms with Crippen LogP contribution in [0.1, 0.15) is 43.0 Å². The summed E-state index contributed by atoms with van der Waals surface area (Å²) in [5, 5.41) is 11.7. The summed E-state index contributed by atoms with van der Waals surface area (Å²) in [6, 6.07) is 5.92. The van der Waals surface area contributed by atoms with Crippen molar-refractivity contribution >= 4 is 0 Å². The number of rotatable bonds is 5. The maximum absolute atomic E-state index is 12.3. The van der Waals surface area contributed by atoms with Crippen LogP contribution in [0.3, 0.4) is 0 Å². The van der Waals surface area contributed by atoms with Gasteiger partial charge in [0.05, 0.1) is 6.04 Å². The molecule has 2 aromatic rings. The van der Waals surface area contributed by atoms with Crippen molar-refractivity contribution in [3.8, 4) is 5.75 Å². The quantitative estimate of drug-likeness (QED) is 0.907. The average Bonchev–Trinajstić information content (AvgIpc) is 2.95. The topological polar surface area (TPSA) is 52.0 Å². The molecule has 0 amide bonds. The van der Waals surface area contributed by atoms with Crippen molar-refractivity contribution in [1.29, 1.82) is 0 Å². The number of ether oxygens (including phenoxy) is 1. The molecule has 0 fully saturated rings. The van der Waals surface area contributed by atoms with Crippen molar-refractivity contribution in [2.75, 3.05) is 0 Å². The third-order valence-corrected chi connectivity index (χ3v) is 4.02. The summed E-state index contributed by atoms with van der Waals surface area (Å²) in [6.07, 6.45) is -1.50. The molecule has 0 bridgehead atoms. The van der Waals surface area contributed by atoms with E-state index in [1.54, 1.807) is 12.1 Å². The molecule has 0 radical (unpaired) electrons. The fourth-order valence-corrected chi connectivity index (χ4v) is 2.87. The molecule has 1 aliphatic heterocycles. The predicted octanol–water partition coefficient (Wildman–Crippen LogP) is 3.36. The van der Waals surface area contributed by atoms with Crippen LogP contribution in [0.5, 0.6) is 5.75 Å². The van der Waals surface area contributed by atoms with Crippen molar-refractivity contribution in [2.45, 2.75) is 51.7 Å². The average molecular weight is 340 g/mol. The number of halogens is 3. The maximum atomic E-state index is 12.3. The summed E-state index contributed by atoms with van der Waals surface area (Å²) >= 11 is 0. The minimum Gasteiger partial charge on any atom is -0.406 e. The van der Waals surface area contributed by atoms with Crippen molar-refractivity contribution < 1.29 is 17.9 Å². The second-order valence-electron chi connectivity index (χ2n) is 5.88. The Bertz CT molecular complexity index is 699. The summed E-state index contributed by atoms with van der Waals surface area (Å²) < 4.78 is 42.9. The number of benzene rings is 1. The molecular formula is C16H19F3N4O. The van der Waals surface area contributed by atoms with Gasteiger partial charge in [0, 0.05) is 19.5 Å². The van der Waals surface area contributed by atoms with Gasteiger partial charge in [-0.2, -0.15) is 0 Å². The van der Waals surface area contributed by atoms with Crippen LogP contribution in [0.2, 0.25) is 0 Å². The van der Waals surface area contributed by atoms with Crippen LogP contribution in [-0.2, 0) is 19.5 Å². The SMILES string of the molecule is C[C@@H](NCc1cccc(OC(F)(F)F)c1)c1nnc2n1CCCC2. The number of nitrogens with zero attached hydrogens (tertiary/aromatic N) is 3. The largest absolute Gasteiger partial charge is 0.573 e. The Balaban J connectivity index is 1.63. The molecule has 130 valence electrons. The van der Waals surface area contributed by atoms with Gasteiger partial charge in [-0.25, -0.2) is 0 Å². The van der Waals surface area contributed by atoms with E-state index in [1.165, 1.54) is 12.1 Å². The number of fused-ring (bicyclic) bond motifs is 1. The van der Waals surface area contributed by atoms with E-state index >= 15 is 0 Å². The van der Waals surface area contributed by atoms with Crippen molar-refractivity contribution in [2.24, 2.45) is 0 Å². The van der Waals surface area contributed by atoms with Gasteiger partial charge in [-0.15, -0.1) is 23.4 Å². The Morgan fingerprint density at radius 3 is 2.92 bits per heavy atom. The standard InChI is InChI=1S/C16H19F3N4O/c1-11(15-22-21-14-7-2-3-8-23(14)15)20-10-12-5-4-6-13(9-12)24-16(17,18)19/h4-6,9,11,20H,2-3,7-8,10H2,1H3/t11-/m1/s1. The van der Waals surface area contributed by atoms with Crippen molar-refractivity contribution in [3.05, 3.63) is 41.5 Å². The molecule has 1 N–H and O–H groups in total. The maximum Gasteiger partial charge on any atom is 0.573 e. The van der Waals surface area contributed by atoms with Gasteiger partial charge in [0.1, 0.15) is 17.4 Å². The Morgan fingerprint density at radius 2 is 2.12 bits per heavy atom. The summed E-state index contributed by atoms with van der Waals surface area (Å²) in [5.41, 5.74) is 0.710. The van der Waals surface area contributed by atoms with Crippen molar-refractivity contribution in [1.82, 2.24) is 20.1 Å². The number of nitrogens with one attached hydrogen (secondary N) is 1. The van der Waals surface area contributed by atoms with Crippen LogP contribution in [0.25, 0.3) is 0 Å². The second kappa shape index (κ2) is 6.80. The molecule has 1 aromatic carbocycles. The highest BCUT2D eigenvalue weighted by atomic mass is 19.4. The fourth-order valence-electron chi connectivity index (χ4n) is 2.87. The van der Waals surface area contributed by atoms with Gasteiger partial charge < -0.3 is 14.6 Å². The van der Waals surface area contributed by atoms with Crippen LogP contribution in [-0.4, -0.2) is 21.1 Å². The highest BCUT2D eigenvalue weighted by Gasteiger charge is 2.31. The highest BCUT2D eigenvalue weighted by molar-refractivity contribution is 5.28. The summed E-state index contributed by atoms with van der Waals surface area (Å²) in [5.74, 6) is 1.66. The highest BCUT2D eigenvalue weighted by Crippen LogP contribution is 2.24. The molecule has 0 aliphatic carbocycles. The van der Waals surface area contributed by atoms with Gasteiger partial charge in [-0.05, 0) is 37.5 Å². The zero-order valence-electron chi connectivity index (χ0n) is 13.3. The van der Waals surface area contributed by atoms with Gasteiger partial charge in [-0.1, -0.05) is 12.1 Å². The van der Waals surface area contributed by atoms with Gasteiger partial charge in [0.2, 0.25) is 0 Å². The molecule has 5 nitrogen and oxygen atoms in total. The first-order valence-electron chi connectivity index (χ1n) is 7.92. The molecule has 0 unspecified atom stereocenters. The zero-order valence-corrected chi connectivity index (χ0v) is 13.3. The van der Waals surface area contributed by atoms with E-state index in [4.69, 9.17) is 0 Å². The van der Waals surface area contributed by atoms with Crippen LogP contribution in [0.4, 0.5) is 13.2 Å². The lowest BCUT2D eigenvalue weighted by Crippen LogP contribution is -2.23. The third kappa shape index (κ3) is 4.05. The van der Waals surface area contributed by atoms with Crippen molar-refractivity contribution in [3.63, 3.8) is 0 Å². The smallest absolute Gasteiger partial charge is 0.406 e. The van der Waals surface area contributed by atoms with E-state index in [2.05, 4.69) is 24.8 Å². The number of hydrogen-bond acceptors (Lipinski definition) is 4. The molecule has 0 spiro atoms.